The topological polar surface area (TPSA) is 488 Å². The van der Waals surface area contributed by atoms with Gasteiger partial charge in [0.05, 0.1) is 121 Å². The molecule has 0 spiro atoms. The second-order valence-corrected chi connectivity index (χ2v) is 27.0. The largest absolute Gasteiger partial charge is 0.478 e. The fourth-order valence-electron chi connectivity index (χ4n) is 13.0. The molecular formula is C91H72N20O11. The van der Waals surface area contributed by atoms with Crippen LogP contribution in [0, 0.1) is 62.6 Å². The Morgan fingerprint density at radius 1 is 0.434 bits per heavy atom. The van der Waals surface area contributed by atoms with Crippen molar-refractivity contribution in [3.05, 3.63) is 364 Å². The molecule has 31 heteroatoms. The van der Waals surface area contributed by atoms with Crippen molar-refractivity contribution in [2.45, 2.75) is 58.0 Å². The Morgan fingerprint density at radius 3 is 1.29 bits per heavy atom. The number of aromatic nitrogens is 13. The molecule has 1 saturated carbocycles. The number of aromatic amines is 3. The van der Waals surface area contributed by atoms with Gasteiger partial charge in [0.15, 0.2) is 6.29 Å². The van der Waals surface area contributed by atoms with E-state index in [1.165, 1.54) is 43.2 Å². The molecule has 0 bridgehead atoms. The average Bonchev–Trinajstić information content (AvgIpc) is 0.920. The fraction of sp³-hybridized carbons (Fsp3) is 0.154. The first-order valence-corrected chi connectivity index (χ1v) is 37.9. The van der Waals surface area contributed by atoms with E-state index < -0.39 is 5.97 Å². The molecule has 14 aromatic rings. The zero-order chi connectivity index (χ0) is 86.1. The van der Waals surface area contributed by atoms with Crippen LogP contribution >= 0.6 is 0 Å². The van der Waals surface area contributed by atoms with Crippen molar-refractivity contribution in [3.63, 3.8) is 0 Å². The number of hydrogen-bond acceptors (Lipinski definition) is 25. The van der Waals surface area contributed by atoms with Crippen LogP contribution in [0.25, 0.3) is 44.2 Å². The van der Waals surface area contributed by atoms with E-state index in [2.05, 4.69) is 71.5 Å². The number of cyclic esters (lactones) is 1. The highest BCUT2D eigenvalue weighted by Gasteiger charge is 2.31. The summed E-state index contributed by atoms with van der Waals surface area (Å²) in [6.45, 7) is 2.15. The number of carboxylic acids is 1. The van der Waals surface area contributed by atoms with Crippen molar-refractivity contribution in [3.8, 4) is 30.3 Å². The first-order chi connectivity index (χ1) is 59.5. The summed E-state index contributed by atoms with van der Waals surface area (Å²) in [5, 5.41) is 84.3. The third kappa shape index (κ3) is 23.4. The lowest BCUT2D eigenvalue weighted by molar-refractivity contribution is -0.138. The van der Waals surface area contributed by atoms with Gasteiger partial charge in [-0.25, -0.2) is 24.9 Å². The predicted octanol–water partition coefficient (Wildman–Crippen LogP) is 10.9. The van der Waals surface area contributed by atoms with Gasteiger partial charge in [0.1, 0.15) is 11.5 Å². The van der Waals surface area contributed by atoms with E-state index in [0.717, 1.165) is 58.8 Å². The lowest BCUT2D eigenvalue weighted by Gasteiger charge is -2.37. The summed E-state index contributed by atoms with van der Waals surface area (Å²) in [6.07, 6.45) is 21.4. The molecule has 0 atom stereocenters. The van der Waals surface area contributed by atoms with E-state index in [1.54, 1.807) is 140 Å². The first kappa shape index (κ1) is 85.9. The van der Waals surface area contributed by atoms with Crippen LogP contribution in [0.2, 0.25) is 0 Å². The SMILES string of the molecule is N#Cc1ccnc(C=C2OC(=O)c3ccccc32)c1.N#Cc1ccnc(C=O)c1.N#Cc1ccnc(CO)c1.N#Cc1ccnc(Cc2n[nH]c(=O)c3ccccc23)c1.N#Cc1ccncc1.O=C(O)c1ccnc(Cc2n[nH]c(=O)c3ccccc23)c1.O=C(c1ccnc(Cc2n[nH]c(=O)c3ccccc23)c1)N1CCN(C(=O)C2CCCCC2)CC1. The Hall–Kier alpha value is -17.0. The monoisotopic (exact) mass is 1620 g/mol. The Kier molecular flexibility index (Phi) is 30.4. The lowest BCUT2D eigenvalue weighted by Crippen LogP contribution is -2.52. The minimum Gasteiger partial charge on any atom is -0.478 e. The number of pyridine rings is 7. The van der Waals surface area contributed by atoms with Gasteiger partial charge in [0, 0.05) is 151 Å². The molecule has 122 heavy (non-hydrogen) atoms. The Balaban J connectivity index is 0.000000146. The number of rotatable bonds is 12. The van der Waals surface area contributed by atoms with E-state index in [4.69, 9.17) is 41.3 Å². The van der Waals surface area contributed by atoms with Gasteiger partial charge >= 0.3 is 11.9 Å². The molecule has 1 saturated heterocycles. The zero-order valence-electron chi connectivity index (χ0n) is 65.0. The highest BCUT2D eigenvalue weighted by molar-refractivity contribution is 6.05. The molecule has 5 N–H and O–H groups in total. The Bertz CT molecular complexity index is 6610. The van der Waals surface area contributed by atoms with Crippen molar-refractivity contribution in [2.24, 2.45) is 5.92 Å². The summed E-state index contributed by atoms with van der Waals surface area (Å²) in [6, 6.07) is 61.5. The van der Waals surface area contributed by atoms with Crippen molar-refractivity contribution < 1.29 is 38.9 Å². The third-order valence-corrected chi connectivity index (χ3v) is 19.0. The standard InChI is InChI=1S/C26H29N5O3.C15H10N4O.C15H11N3O3.C15H8N2O2.C7H6N2O.C7H4N2O.C6H4N2/c32-24-22-9-5-4-8-21(22)23(28-29-24)17-20-16-19(10-11-27-20)26(34)31-14-12-30(13-15-31)25(33)18-6-2-1-3-7-18;16-9-10-5-6-17-11(7-10)8-14-12-3-1-2-4-13(12)15(20)19-18-14;19-14-12-4-2-1-3-11(12)13(17-18-14)8-10-7-9(15(20)21)5-6-16-10;16-9-10-5-6-17-11(7-10)8-14-12-3-1-2-4-13(12)15(18)19-14;2*8-4-6-1-2-9-7(3-6)5-10;7-5-6-1-3-8-4-2-6/h4-5,8-11,16,18H,1-3,6-7,12-15,17H2,(H,29,32);1-7H,8H2,(H,19,20);1-7H,8H2,(H,18,19)(H,20,21);1-8H;1-3,10H,5H2;1-3,5H;1-4H. The molecule has 12 heterocycles. The molecule has 4 aromatic carbocycles. The van der Waals surface area contributed by atoms with Crippen LogP contribution in [0.1, 0.15) is 153 Å². The van der Waals surface area contributed by atoms with Gasteiger partial charge in [0.2, 0.25) is 5.91 Å². The van der Waals surface area contributed by atoms with E-state index in [-0.39, 0.29) is 52.5 Å². The van der Waals surface area contributed by atoms with Crippen LogP contribution in [-0.2, 0) is 35.4 Å². The number of piperazine rings is 1. The van der Waals surface area contributed by atoms with Gasteiger partial charge in [-0.1, -0.05) is 92.1 Å². The maximum absolute atomic E-state index is 13.2. The van der Waals surface area contributed by atoms with Crippen LogP contribution < -0.4 is 16.7 Å². The number of carboxylic acid groups (broad SMARTS) is 1. The van der Waals surface area contributed by atoms with Crippen molar-refractivity contribution >= 4 is 74.2 Å². The quantitative estimate of drug-likeness (QED) is 0.0560. The molecule has 31 nitrogen and oxygen atoms in total. The summed E-state index contributed by atoms with van der Waals surface area (Å²) in [5.41, 5.74) is 9.61. The van der Waals surface area contributed by atoms with Crippen LogP contribution in [0.4, 0.5) is 0 Å². The summed E-state index contributed by atoms with van der Waals surface area (Å²) in [7, 11) is 0. The predicted molar refractivity (Wildman–Crippen MR) is 446 cm³/mol. The maximum atomic E-state index is 13.2. The Labute approximate surface area is 695 Å². The molecule has 1 aliphatic carbocycles. The number of nitrogens with zero attached hydrogens (tertiary/aromatic N) is 17. The van der Waals surface area contributed by atoms with Crippen molar-refractivity contribution in [2.75, 3.05) is 26.2 Å². The maximum Gasteiger partial charge on any atom is 0.344 e. The van der Waals surface area contributed by atoms with Crippen LogP contribution in [-0.4, -0.2) is 142 Å². The number of ether oxygens (including phenoxy) is 1. The molecule has 2 aliphatic heterocycles. The number of hydrogen-bond donors (Lipinski definition) is 5. The molecule has 17 rings (SSSR count). The number of aliphatic hydroxyl groups excluding tert-OH is 1. The first-order valence-electron chi connectivity index (χ1n) is 37.9. The summed E-state index contributed by atoms with van der Waals surface area (Å²) in [4.78, 5) is 126. The number of amides is 2. The number of nitriles is 5. The smallest absolute Gasteiger partial charge is 0.344 e. The van der Waals surface area contributed by atoms with Crippen molar-refractivity contribution in [1.82, 2.24) is 75.3 Å². The fourth-order valence-corrected chi connectivity index (χ4v) is 13.0. The van der Waals surface area contributed by atoms with Gasteiger partial charge in [-0.15, -0.1) is 0 Å². The molecule has 2 fully saturated rings. The number of nitrogens with one attached hydrogen (secondary N) is 3. The van der Waals surface area contributed by atoms with E-state index in [9.17, 15) is 38.4 Å². The molecule has 2 amide bonds. The van der Waals surface area contributed by atoms with Crippen LogP contribution in [0.15, 0.2) is 246 Å². The van der Waals surface area contributed by atoms with Gasteiger partial charge in [-0.05, 0) is 122 Å². The van der Waals surface area contributed by atoms with E-state index in [0.29, 0.717) is 152 Å². The number of aromatic carboxylic acids is 1. The number of aliphatic hydroxyl groups is 1. The molecule has 10 aromatic heterocycles. The minimum absolute atomic E-state index is 0.0484. The molecule has 0 radical (unpaired) electrons. The average molecular weight is 1620 g/mol. The van der Waals surface area contributed by atoms with E-state index >= 15 is 0 Å². The number of benzene rings is 4. The number of fused-ring (bicyclic) bond motifs is 4. The number of carbonyl (C=O) groups excluding carboxylic acids is 4. The van der Waals surface area contributed by atoms with Gasteiger partial charge in [0.25, 0.3) is 22.6 Å². The number of aldehydes is 1. The number of carbonyl (C=O) groups is 5. The molecular weight excluding hydrogens is 1550 g/mol. The zero-order valence-corrected chi connectivity index (χ0v) is 65.0. The van der Waals surface area contributed by atoms with Gasteiger partial charge < -0.3 is 24.7 Å². The summed E-state index contributed by atoms with van der Waals surface area (Å²) >= 11 is 0. The number of esters is 1. The van der Waals surface area contributed by atoms with Gasteiger partial charge in [-0.2, -0.15) is 41.6 Å². The Morgan fingerprint density at radius 2 is 0.820 bits per heavy atom. The molecule has 602 valence electrons. The van der Waals surface area contributed by atoms with Crippen LogP contribution in [0.5, 0.6) is 0 Å². The normalized spacial score (nSPS) is 12.6. The lowest BCUT2D eigenvalue weighted by atomic mass is 9.88. The second-order valence-electron chi connectivity index (χ2n) is 27.0. The summed E-state index contributed by atoms with van der Waals surface area (Å²) in [5.74, 6) is -0.526. The summed E-state index contributed by atoms with van der Waals surface area (Å²) < 4.78 is 5.21. The molecule has 0 unspecified atom stereocenters. The van der Waals surface area contributed by atoms with Gasteiger partial charge in [-0.3, -0.25) is 63.7 Å². The molecule has 3 aliphatic rings. The highest BCUT2D eigenvalue weighted by atomic mass is 16.5. The van der Waals surface area contributed by atoms with Crippen LogP contribution in [0.3, 0.4) is 0 Å². The minimum atomic E-state index is -1.00. The number of H-pyrrole nitrogens is 3. The highest BCUT2D eigenvalue weighted by Crippen LogP contribution is 2.31. The van der Waals surface area contributed by atoms with Crippen molar-refractivity contribution in [1.29, 1.82) is 26.3 Å². The second kappa shape index (κ2) is 43.1. The van der Waals surface area contributed by atoms with E-state index in [1.807, 2.05) is 94.7 Å². The third-order valence-electron chi connectivity index (χ3n) is 19.0.